The lowest BCUT2D eigenvalue weighted by atomic mass is 10.2. The van der Waals surface area contributed by atoms with E-state index in [4.69, 9.17) is 0 Å². The fourth-order valence-corrected chi connectivity index (χ4v) is 3.70. The number of carbonyl (C=O) groups is 1. The maximum absolute atomic E-state index is 11.9. The highest BCUT2D eigenvalue weighted by atomic mass is 32.1. The summed E-state index contributed by atoms with van der Waals surface area (Å²) < 4.78 is 0. The van der Waals surface area contributed by atoms with Crippen LogP contribution >= 0.6 is 11.3 Å². The number of aryl methyl sites for hydroxylation is 1. The van der Waals surface area contributed by atoms with E-state index in [1.807, 2.05) is 12.3 Å². The fraction of sp³-hybridized carbons (Fsp3) is 0.474. The van der Waals surface area contributed by atoms with Crippen molar-refractivity contribution in [1.29, 1.82) is 0 Å². The first kappa shape index (κ1) is 18.0. The van der Waals surface area contributed by atoms with E-state index in [1.54, 1.807) is 11.3 Å². The van der Waals surface area contributed by atoms with Gasteiger partial charge in [0, 0.05) is 51.2 Å². The minimum Gasteiger partial charge on any atom is -0.354 e. The van der Waals surface area contributed by atoms with Crippen molar-refractivity contribution in [2.24, 2.45) is 0 Å². The quantitative estimate of drug-likeness (QED) is 0.822. The number of carbonyl (C=O) groups excluding carboxylic acids is 1. The normalized spacial score (nSPS) is 16.0. The second-order valence-corrected chi connectivity index (χ2v) is 7.55. The van der Waals surface area contributed by atoms with E-state index in [0.717, 1.165) is 50.0 Å². The molecule has 25 heavy (non-hydrogen) atoms. The molecule has 1 fully saturated rings. The standard InChI is InChI=1S/C19H26N4OS/c1-16-21-18(15-25-16)13-19(24)20-7-8-22-9-11-23(12-10-22)14-17-5-3-2-4-6-17/h2-6,15H,7-14H2,1H3,(H,20,24). The molecule has 1 amide bonds. The first-order valence-corrected chi connectivity index (χ1v) is 9.73. The number of hydrogen-bond acceptors (Lipinski definition) is 5. The van der Waals surface area contributed by atoms with E-state index in [-0.39, 0.29) is 5.91 Å². The summed E-state index contributed by atoms with van der Waals surface area (Å²) in [6.45, 7) is 8.91. The highest BCUT2D eigenvalue weighted by molar-refractivity contribution is 7.09. The Labute approximate surface area is 153 Å². The number of amides is 1. The smallest absolute Gasteiger partial charge is 0.226 e. The third-order valence-electron chi connectivity index (χ3n) is 4.47. The molecule has 0 atom stereocenters. The Morgan fingerprint density at radius 3 is 2.56 bits per heavy atom. The Bertz CT molecular complexity index is 665. The molecule has 0 saturated carbocycles. The second kappa shape index (κ2) is 9.08. The third-order valence-corrected chi connectivity index (χ3v) is 5.29. The van der Waals surface area contributed by atoms with Crippen LogP contribution in [0, 0.1) is 6.92 Å². The lowest BCUT2D eigenvalue weighted by Gasteiger charge is -2.34. The Kier molecular flexibility index (Phi) is 6.55. The molecule has 1 N–H and O–H groups in total. The van der Waals surface area contributed by atoms with Crippen molar-refractivity contribution < 1.29 is 4.79 Å². The highest BCUT2D eigenvalue weighted by Crippen LogP contribution is 2.09. The lowest BCUT2D eigenvalue weighted by Crippen LogP contribution is -2.48. The summed E-state index contributed by atoms with van der Waals surface area (Å²) in [5, 5.41) is 5.98. The lowest BCUT2D eigenvalue weighted by molar-refractivity contribution is -0.120. The van der Waals surface area contributed by atoms with Crippen LogP contribution in [-0.4, -0.2) is 60.0 Å². The average Bonchev–Trinajstić information content (AvgIpc) is 3.02. The Morgan fingerprint density at radius 2 is 1.88 bits per heavy atom. The van der Waals surface area contributed by atoms with Crippen LogP contribution in [0.5, 0.6) is 0 Å². The first-order valence-electron chi connectivity index (χ1n) is 8.85. The van der Waals surface area contributed by atoms with Gasteiger partial charge in [-0.15, -0.1) is 11.3 Å². The van der Waals surface area contributed by atoms with Gasteiger partial charge < -0.3 is 5.32 Å². The third kappa shape index (κ3) is 5.92. The molecular weight excluding hydrogens is 332 g/mol. The zero-order chi connectivity index (χ0) is 17.5. The van der Waals surface area contributed by atoms with Gasteiger partial charge in [-0.05, 0) is 12.5 Å². The van der Waals surface area contributed by atoms with Gasteiger partial charge in [0.1, 0.15) is 0 Å². The molecule has 0 aliphatic carbocycles. The molecule has 134 valence electrons. The van der Waals surface area contributed by atoms with Gasteiger partial charge in [0.2, 0.25) is 5.91 Å². The number of nitrogens with zero attached hydrogens (tertiary/aromatic N) is 3. The van der Waals surface area contributed by atoms with Gasteiger partial charge in [-0.2, -0.15) is 0 Å². The first-order chi connectivity index (χ1) is 12.2. The molecule has 1 aromatic carbocycles. The number of hydrogen-bond donors (Lipinski definition) is 1. The van der Waals surface area contributed by atoms with Crippen LogP contribution < -0.4 is 5.32 Å². The predicted molar refractivity (Wildman–Crippen MR) is 102 cm³/mol. The number of thiazole rings is 1. The van der Waals surface area contributed by atoms with Crippen LogP contribution in [0.1, 0.15) is 16.3 Å². The summed E-state index contributed by atoms with van der Waals surface area (Å²) in [6, 6.07) is 10.6. The van der Waals surface area contributed by atoms with Gasteiger partial charge >= 0.3 is 0 Å². The van der Waals surface area contributed by atoms with E-state index in [2.05, 4.69) is 50.4 Å². The molecule has 0 spiro atoms. The summed E-state index contributed by atoms with van der Waals surface area (Å²) in [4.78, 5) is 21.2. The SMILES string of the molecule is Cc1nc(CC(=O)NCCN2CCN(Cc3ccccc3)CC2)cs1. The van der Waals surface area contributed by atoms with Gasteiger partial charge in [0.15, 0.2) is 0 Å². The predicted octanol–water partition coefficient (Wildman–Crippen LogP) is 1.93. The average molecular weight is 359 g/mol. The van der Waals surface area contributed by atoms with Crippen molar-refractivity contribution in [3.63, 3.8) is 0 Å². The number of rotatable bonds is 7. The van der Waals surface area contributed by atoms with Crippen LogP contribution in [0.4, 0.5) is 0 Å². The van der Waals surface area contributed by atoms with Crippen LogP contribution in [0.3, 0.4) is 0 Å². The van der Waals surface area contributed by atoms with Gasteiger partial charge in [-0.1, -0.05) is 30.3 Å². The largest absolute Gasteiger partial charge is 0.354 e. The molecule has 1 aromatic heterocycles. The maximum atomic E-state index is 11.9. The maximum Gasteiger partial charge on any atom is 0.226 e. The Balaban J connectivity index is 1.30. The number of piperazine rings is 1. The molecule has 0 bridgehead atoms. The van der Waals surface area contributed by atoms with Crippen LogP contribution in [0.2, 0.25) is 0 Å². The number of aromatic nitrogens is 1. The molecule has 0 unspecified atom stereocenters. The van der Waals surface area contributed by atoms with Crippen molar-refractivity contribution >= 4 is 17.2 Å². The Hall–Kier alpha value is -1.76. The van der Waals surface area contributed by atoms with Crippen molar-refractivity contribution in [2.75, 3.05) is 39.3 Å². The topological polar surface area (TPSA) is 48.5 Å². The van der Waals surface area contributed by atoms with E-state index < -0.39 is 0 Å². The van der Waals surface area contributed by atoms with E-state index in [9.17, 15) is 4.79 Å². The van der Waals surface area contributed by atoms with Crippen LogP contribution in [0.15, 0.2) is 35.7 Å². The van der Waals surface area contributed by atoms with E-state index >= 15 is 0 Å². The van der Waals surface area contributed by atoms with Crippen molar-refractivity contribution in [1.82, 2.24) is 20.1 Å². The van der Waals surface area contributed by atoms with Gasteiger partial charge in [0.05, 0.1) is 17.1 Å². The van der Waals surface area contributed by atoms with E-state index in [1.165, 1.54) is 5.56 Å². The highest BCUT2D eigenvalue weighted by Gasteiger charge is 2.16. The minimum atomic E-state index is 0.0630. The van der Waals surface area contributed by atoms with Crippen molar-refractivity contribution in [3.05, 3.63) is 52.0 Å². The molecule has 3 rings (SSSR count). The van der Waals surface area contributed by atoms with Crippen LogP contribution in [0.25, 0.3) is 0 Å². The zero-order valence-electron chi connectivity index (χ0n) is 14.8. The summed E-state index contributed by atoms with van der Waals surface area (Å²) >= 11 is 1.59. The molecule has 2 aromatic rings. The summed E-state index contributed by atoms with van der Waals surface area (Å²) in [5.41, 5.74) is 2.25. The molecule has 5 nitrogen and oxygen atoms in total. The van der Waals surface area contributed by atoms with Crippen molar-refractivity contribution in [3.8, 4) is 0 Å². The van der Waals surface area contributed by atoms with Gasteiger partial charge in [0.25, 0.3) is 0 Å². The monoisotopic (exact) mass is 358 g/mol. The number of benzene rings is 1. The second-order valence-electron chi connectivity index (χ2n) is 6.49. The molecule has 6 heteroatoms. The molecule has 0 radical (unpaired) electrons. The Morgan fingerprint density at radius 1 is 1.16 bits per heavy atom. The fourth-order valence-electron chi connectivity index (χ4n) is 3.08. The van der Waals surface area contributed by atoms with Crippen LogP contribution in [-0.2, 0) is 17.8 Å². The molecule has 1 aliphatic rings. The molecular formula is C19H26N4OS. The number of nitrogens with one attached hydrogen (secondary N) is 1. The van der Waals surface area contributed by atoms with Crippen molar-refractivity contribution in [2.45, 2.75) is 19.9 Å². The van der Waals surface area contributed by atoms with E-state index in [0.29, 0.717) is 13.0 Å². The van der Waals surface area contributed by atoms with Gasteiger partial charge in [-0.3, -0.25) is 14.6 Å². The summed E-state index contributed by atoms with van der Waals surface area (Å²) in [7, 11) is 0. The zero-order valence-corrected chi connectivity index (χ0v) is 15.6. The molecule has 1 aliphatic heterocycles. The summed E-state index contributed by atoms with van der Waals surface area (Å²) in [5.74, 6) is 0.0630. The minimum absolute atomic E-state index is 0.0630. The molecule has 2 heterocycles. The molecule has 1 saturated heterocycles. The summed E-state index contributed by atoms with van der Waals surface area (Å²) in [6.07, 6.45) is 0.384. The van der Waals surface area contributed by atoms with Gasteiger partial charge in [-0.25, -0.2) is 4.98 Å².